The standard InChI is InChI=1S/C20H33N5O2/c1-4-7-18-21-16(3)14-19(22-18)25-9-6-8-17(15-25)23-10-12-24(13-11-23)20(26)27-5-2/h14,17H,4-13,15H2,1-3H3/t17-/m0/s1. The first kappa shape index (κ1) is 19.9. The van der Waals surface area contributed by atoms with Gasteiger partial charge in [-0.25, -0.2) is 14.8 Å². The molecule has 1 amide bonds. The van der Waals surface area contributed by atoms with Gasteiger partial charge in [-0.2, -0.15) is 0 Å². The monoisotopic (exact) mass is 375 g/mol. The second kappa shape index (κ2) is 9.35. The van der Waals surface area contributed by atoms with E-state index in [2.05, 4.69) is 34.7 Å². The van der Waals surface area contributed by atoms with Gasteiger partial charge in [0, 0.05) is 63.5 Å². The lowest BCUT2D eigenvalue weighted by Crippen LogP contribution is -2.56. The molecule has 7 nitrogen and oxygen atoms in total. The van der Waals surface area contributed by atoms with Crippen molar-refractivity contribution in [3.8, 4) is 0 Å². The van der Waals surface area contributed by atoms with Crippen molar-refractivity contribution in [1.82, 2.24) is 19.8 Å². The number of aryl methyl sites for hydroxylation is 2. The van der Waals surface area contributed by atoms with Crippen LogP contribution in [0.4, 0.5) is 10.6 Å². The van der Waals surface area contributed by atoms with Crippen LogP contribution in [0.5, 0.6) is 0 Å². The lowest BCUT2D eigenvalue weighted by Gasteiger charge is -2.43. The highest BCUT2D eigenvalue weighted by atomic mass is 16.6. The molecule has 0 N–H and O–H groups in total. The van der Waals surface area contributed by atoms with Crippen LogP contribution in [0.25, 0.3) is 0 Å². The molecule has 1 atom stereocenters. The number of carbonyl (C=O) groups excluding carboxylic acids is 1. The van der Waals surface area contributed by atoms with Crippen LogP contribution in [0.1, 0.15) is 44.6 Å². The third-order valence-electron chi connectivity index (χ3n) is 5.44. The molecule has 27 heavy (non-hydrogen) atoms. The van der Waals surface area contributed by atoms with Gasteiger partial charge in [-0.1, -0.05) is 6.92 Å². The van der Waals surface area contributed by atoms with E-state index in [1.807, 2.05) is 11.8 Å². The van der Waals surface area contributed by atoms with Gasteiger partial charge in [0.2, 0.25) is 0 Å². The fourth-order valence-corrected chi connectivity index (χ4v) is 4.05. The molecule has 150 valence electrons. The zero-order valence-corrected chi connectivity index (χ0v) is 17.0. The Morgan fingerprint density at radius 2 is 1.96 bits per heavy atom. The van der Waals surface area contributed by atoms with Crippen molar-refractivity contribution in [2.24, 2.45) is 0 Å². The number of ether oxygens (including phenoxy) is 1. The van der Waals surface area contributed by atoms with Crippen molar-refractivity contribution in [2.45, 2.75) is 52.5 Å². The predicted molar refractivity (Wildman–Crippen MR) is 106 cm³/mol. The van der Waals surface area contributed by atoms with Crippen molar-refractivity contribution in [3.05, 3.63) is 17.6 Å². The Kier molecular flexibility index (Phi) is 6.88. The predicted octanol–water partition coefficient (Wildman–Crippen LogP) is 2.48. The Morgan fingerprint density at radius 1 is 1.19 bits per heavy atom. The molecule has 0 aromatic carbocycles. The van der Waals surface area contributed by atoms with Crippen molar-refractivity contribution in [1.29, 1.82) is 0 Å². The van der Waals surface area contributed by atoms with E-state index in [0.717, 1.165) is 69.4 Å². The van der Waals surface area contributed by atoms with Crippen molar-refractivity contribution >= 4 is 11.9 Å². The maximum absolute atomic E-state index is 11.9. The number of carbonyl (C=O) groups is 1. The average Bonchev–Trinajstić information content (AvgIpc) is 2.68. The quantitative estimate of drug-likeness (QED) is 0.788. The second-order valence-corrected chi connectivity index (χ2v) is 7.50. The van der Waals surface area contributed by atoms with E-state index in [9.17, 15) is 4.79 Å². The van der Waals surface area contributed by atoms with Gasteiger partial charge in [0.15, 0.2) is 0 Å². The maximum atomic E-state index is 11.9. The number of nitrogens with zero attached hydrogens (tertiary/aromatic N) is 5. The molecule has 2 saturated heterocycles. The molecule has 3 rings (SSSR count). The van der Waals surface area contributed by atoms with Crippen LogP contribution in [0.2, 0.25) is 0 Å². The van der Waals surface area contributed by atoms with Crippen LogP contribution in [0.3, 0.4) is 0 Å². The van der Waals surface area contributed by atoms with Gasteiger partial charge in [0.25, 0.3) is 0 Å². The lowest BCUT2D eigenvalue weighted by atomic mass is 10.0. The summed E-state index contributed by atoms with van der Waals surface area (Å²) in [5.74, 6) is 2.03. The molecule has 1 aromatic heterocycles. The van der Waals surface area contributed by atoms with Gasteiger partial charge in [0.05, 0.1) is 6.61 Å². The second-order valence-electron chi connectivity index (χ2n) is 7.50. The molecule has 2 aliphatic heterocycles. The number of piperidine rings is 1. The van der Waals surface area contributed by atoms with Gasteiger partial charge < -0.3 is 14.5 Å². The van der Waals surface area contributed by atoms with Crippen LogP contribution in [-0.2, 0) is 11.2 Å². The zero-order valence-electron chi connectivity index (χ0n) is 17.0. The van der Waals surface area contributed by atoms with Gasteiger partial charge in [-0.15, -0.1) is 0 Å². The minimum atomic E-state index is -0.178. The Balaban J connectivity index is 1.59. The van der Waals surface area contributed by atoms with Crippen LogP contribution < -0.4 is 4.90 Å². The van der Waals surface area contributed by atoms with E-state index in [0.29, 0.717) is 12.6 Å². The highest BCUT2D eigenvalue weighted by Gasteiger charge is 2.30. The molecule has 1 aromatic rings. The molecule has 7 heteroatoms. The van der Waals surface area contributed by atoms with Crippen LogP contribution in [-0.4, -0.2) is 77.8 Å². The fraction of sp³-hybridized carbons (Fsp3) is 0.750. The minimum Gasteiger partial charge on any atom is -0.450 e. The summed E-state index contributed by atoms with van der Waals surface area (Å²) in [6.07, 6.45) is 4.21. The van der Waals surface area contributed by atoms with E-state index in [1.165, 1.54) is 12.8 Å². The Labute approximate surface area is 162 Å². The summed E-state index contributed by atoms with van der Waals surface area (Å²) < 4.78 is 5.13. The molecular formula is C20H33N5O2. The zero-order chi connectivity index (χ0) is 19.2. The average molecular weight is 376 g/mol. The number of hydrogen-bond donors (Lipinski definition) is 0. The SMILES string of the molecule is CCCc1nc(C)cc(N2CCC[C@H](N3CCN(C(=O)OCC)CC3)C2)n1. The molecule has 0 bridgehead atoms. The summed E-state index contributed by atoms with van der Waals surface area (Å²) in [5, 5.41) is 0. The summed E-state index contributed by atoms with van der Waals surface area (Å²) in [7, 11) is 0. The molecular weight excluding hydrogens is 342 g/mol. The highest BCUT2D eigenvalue weighted by molar-refractivity contribution is 5.67. The molecule has 0 saturated carbocycles. The molecule has 0 aliphatic carbocycles. The normalized spacial score (nSPS) is 21.4. The number of anilines is 1. The van der Waals surface area contributed by atoms with E-state index in [-0.39, 0.29) is 6.09 Å². The smallest absolute Gasteiger partial charge is 0.409 e. The van der Waals surface area contributed by atoms with E-state index < -0.39 is 0 Å². The topological polar surface area (TPSA) is 61.8 Å². The Hall–Kier alpha value is -1.89. The Morgan fingerprint density at radius 3 is 2.67 bits per heavy atom. The van der Waals surface area contributed by atoms with Gasteiger partial charge in [-0.05, 0) is 33.1 Å². The highest BCUT2D eigenvalue weighted by Crippen LogP contribution is 2.23. The first-order chi connectivity index (χ1) is 13.1. The third-order valence-corrected chi connectivity index (χ3v) is 5.44. The summed E-state index contributed by atoms with van der Waals surface area (Å²) in [4.78, 5) is 28.0. The third kappa shape index (κ3) is 5.09. The van der Waals surface area contributed by atoms with Gasteiger partial charge >= 0.3 is 6.09 Å². The number of piperazine rings is 1. The summed E-state index contributed by atoms with van der Waals surface area (Å²) in [6.45, 7) is 11.9. The van der Waals surface area contributed by atoms with Crippen LogP contribution in [0, 0.1) is 6.92 Å². The maximum Gasteiger partial charge on any atom is 0.409 e. The summed E-state index contributed by atoms with van der Waals surface area (Å²) in [5.41, 5.74) is 1.05. The first-order valence-electron chi connectivity index (χ1n) is 10.4. The molecule has 3 heterocycles. The largest absolute Gasteiger partial charge is 0.450 e. The molecule has 2 fully saturated rings. The van der Waals surface area contributed by atoms with Crippen molar-refractivity contribution in [3.63, 3.8) is 0 Å². The number of amides is 1. The number of rotatable bonds is 5. The Bertz CT molecular complexity index is 631. The van der Waals surface area contributed by atoms with E-state index >= 15 is 0 Å². The van der Waals surface area contributed by atoms with Gasteiger partial charge in [-0.3, -0.25) is 4.90 Å². The number of aromatic nitrogens is 2. The van der Waals surface area contributed by atoms with Gasteiger partial charge in [0.1, 0.15) is 11.6 Å². The van der Waals surface area contributed by atoms with E-state index in [1.54, 1.807) is 0 Å². The first-order valence-corrected chi connectivity index (χ1v) is 10.4. The van der Waals surface area contributed by atoms with Crippen LogP contribution in [0.15, 0.2) is 6.07 Å². The molecule has 0 spiro atoms. The summed E-state index contributed by atoms with van der Waals surface area (Å²) in [6, 6.07) is 2.63. The minimum absolute atomic E-state index is 0.178. The van der Waals surface area contributed by atoms with Crippen LogP contribution >= 0.6 is 0 Å². The van der Waals surface area contributed by atoms with Crippen molar-refractivity contribution in [2.75, 3.05) is 50.8 Å². The lowest BCUT2D eigenvalue weighted by molar-refractivity contribution is 0.0629. The molecule has 0 unspecified atom stereocenters. The molecule has 0 radical (unpaired) electrons. The molecule has 2 aliphatic rings. The number of hydrogen-bond acceptors (Lipinski definition) is 6. The van der Waals surface area contributed by atoms with E-state index in [4.69, 9.17) is 9.72 Å². The summed E-state index contributed by atoms with van der Waals surface area (Å²) >= 11 is 0. The van der Waals surface area contributed by atoms with Crippen molar-refractivity contribution < 1.29 is 9.53 Å². The fourth-order valence-electron chi connectivity index (χ4n) is 4.05.